The molecule has 3 rings (SSSR count). The molecule has 3 N–H and O–H groups in total. The predicted octanol–water partition coefficient (Wildman–Crippen LogP) is 4.54. The summed E-state index contributed by atoms with van der Waals surface area (Å²) in [4.78, 5) is 27.7. The van der Waals surface area contributed by atoms with Crippen molar-refractivity contribution in [3.8, 4) is 11.5 Å². The van der Waals surface area contributed by atoms with Crippen molar-refractivity contribution in [2.75, 3.05) is 25.6 Å². The number of phenolic OH excluding ortho intramolecular Hbond substituents is 1. The van der Waals surface area contributed by atoms with Crippen LogP contribution in [0.5, 0.6) is 11.5 Å². The van der Waals surface area contributed by atoms with Crippen LogP contribution >= 0.6 is 15.9 Å². The molecule has 186 valence electrons. The van der Waals surface area contributed by atoms with Gasteiger partial charge in [0, 0.05) is 35.4 Å². The van der Waals surface area contributed by atoms with E-state index < -0.39 is 11.8 Å². The zero-order chi connectivity index (χ0) is 26.1. The molecule has 0 fully saturated rings. The van der Waals surface area contributed by atoms with Gasteiger partial charge in [0.2, 0.25) is 0 Å². The summed E-state index contributed by atoms with van der Waals surface area (Å²) in [5, 5.41) is 17.0. The molecule has 0 aliphatic rings. The van der Waals surface area contributed by atoms with Crippen molar-refractivity contribution >= 4 is 45.7 Å². The van der Waals surface area contributed by atoms with Gasteiger partial charge in [0.25, 0.3) is 11.8 Å². The van der Waals surface area contributed by atoms with E-state index in [1.165, 1.54) is 6.21 Å². The zero-order valence-electron chi connectivity index (χ0n) is 20.2. The largest absolute Gasteiger partial charge is 0.504 e. The van der Waals surface area contributed by atoms with Crippen LogP contribution in [0.1, 0.15) is 28.4 Å². The molecule has 0 bridgehead atoms. The number of hydrogen-bond acceptors (Lipinski definition) is 6. The van der Waals surface area contributed by atoms with Crippen molar-refractivity contribution in [1.29, 1.82) is 0 Å². The topological polar surface area (TPSA) is 103 Å². The van der Waals surface area contributed by atoms with Crippen LogP contribution in [-0.4, -0.2) is 43.8 Å². The van der Waals surface area contributed by atoms with Gasteiger partial charge in [-0.2, -0.15) is 5.10 Å². The maximum absolute atomic E-state index is 13.0. The summed E-state index contributed by atoms with van der Waals surface area (Å²) in [5.74, 6) is -0.882. The number of carbonyl (C=O) groups is 2. The highest BCUT2D eigenvalue weighted by Gasteiger charge is 2.15. The fourth-order valence-corrected chi connectivity index (χ4v) is 3.61. The molecule has 0 aromatic heterocycles. The number of phenols is 1. The van der Waals surface area contributed by atoms with Crippen molar-refractivity contribution in [3.63, 3.8) is 0 Å². The Bertz CT molecular complexity index is 1270. The van der Waals surface area contributed by atoms with Crippen LogP contribution in [0.15, 0.2) is 82.0 Å². The number of anilines is 1. The van der Waals surface area contributed by atoms with Crippen molar-refractivity contribution in [2.45, 2.75) is 6.92 Å². The molecule has 0 saturated carbocycles. The molecule has 8 nitrogen and oxygen atoms in total. The van der Waals surface area contributed by atoms with Crippen LogP contribution in [0.25, 0.3) is 6.08 Å². The van der Waals surface area contributed by atoms with E-state index in [4.69, 9.17) is 4.74 Å². The first-order valence-electron chi connectivity index (χ1n) is 11.1. The van der Waals surface area contributed by atoms with Gasteiger partial charge in [-0.15, -0.1) is 0 Å². The average molecular weight is 551 g/mol. The second-order valence-corrected chi connectivity index (χ2v) is 8.75. The van der Waals surface area contributed by atoms with E-state index in [0.29, 0.717) is 27.8 Å². The number of nitrogens with zero attached hydrogens (tertiary/aromatic N) is 2. The molecule has 0 heterocycles. The van der Waals surface area contributed by atoms with Crippen molar-refractivity contribution in [2.24, 2.45) is 5.10 Å². The lowest BCUT2D eigenvalue weighted by Gasteiger charge is -2.13. The second kappa shape index (κ2) is 12.6. The molecule has 0 aliphatic carbocycles. The molecule has 2 amide bonds. The first-order valence-corrected chi connectivity index (χ1v) is 11.9. The van der Waals surface area contributed by atoms with Crippen LogP contribution in [0.4, 0.5) is 5.69 Å². The molecule has 0 aliphatic heterocycles. The maximum Gasteiger partial charge on any atom is 0.287 e. The molecule has 3 aromatic rings. The minimum Gasteiger partial charge on any atom is -0.504 e. The summed E-state index contributed by atoms with van der Waals surface area (Å²) < 4.78 is 6.08. The molecule has 0 atom stereocenters. The highest BCUT2D eigenvalue weighted by molar-refractivity contribution is 9.10. The summed E-state index contributed by atoms with van der Waals surface area (Å²) in [6, 6.07) is 19.4. The summed E-state index contributed by atoms with van der Waals surface area (Å²) in [6.07, 6.45) is 2.86. The lowest BCUT2D eigenvalue weighted by Crippen LogP contribution is -2.32. The summed E-state index contributed by atoms with van der Waals surface area (Å²) in [7, 11) is 3.87. The number of nitrogens with one attached hydrogen (secondary N) is 2. The molecular weight excluding hydrogens is 524 g/mol. The van der Waals surface area contributed by atoms with E-state index in [2.05, 4.69) is 31.8 Å². The quantitative estimate of drug-likeness (QED) is 0.206. The molecule has 0 radical (unpaired) electrons. The Kier molecular flexibility index (Phi) is 9.24. The van der Waals surface area contributed by atoms with Crippen molar-refractivity contribution < 1.29 is 19.4 Å². The van der Waals surface area contributed by atoms with E-state index in [0.717, 1.165) is 5.69 Å². The average Bonchev–Trinajstić information content (AvgIpc) is 2.87. The smallest absolute Gasteiger partial charge is 0.287 e. The Morgan fingerprint density at radius 2 is 1.78 bits per heavy atom. The SMILES string of the molecule is CCOc1cc(Br)cc(/C=N\NC(=O)/C(=C\c2ccc(N(C)C)cc2)NC(=O)c2ccccc2)c1O. The normalized spacial score (nSPS) is 11.3. The molecule has 36 heavy (non-hydrogen) atoms. The molecule has 9 heteroatoms. The molecule has 0 unspecified atom stereocenters. The van der Waals surface area contributed by atoms with Gasteiger partial charge < -0.3 is 20.1 Å². The van der Waals surface area contributed by atoms with Crippen LogP contribution < -0.4 is 20.4 Å². The number of amides is 2. The number of benzene rings is 3. The highest BCUT2D eigenvalue weighted by atomic mass is 79.9. The van der Waals surface area contributed by atoms with Crippen LogP contribution in [0.2, 0.25) is 0 Å². The summed E-state index contributed by atoms with van der Waals surface area (Å²) in [5.41, 5.74) is 4.87. The van der Waals surface area contributed by atoms with Gasteiger partial charge in [0.15, 0.2) is 11.5 Å². The van der Waals surface area contributed by atoms with Crippen molar-refractivity contribution in [3.05, 3.63) is 93.6 Å². The fourth-order valence-electron chi connectivity index (χ4n) is 3.16. The molecule has 0 spiro atoms. The van der Waals surface area contributed by atoms with E-state index in [-0.39, 0.29) is 17.2 Å². The first-order chi connectivity index (χ1) is 17.3. The number of ether oxygens (including phenoxy) is 1. The number of carbonyl (C=O) groups excluding carboxylic acids is 2. The minimum atomic E-state index is -0.633. The molecular formula is C27H27BrN4O4. The lowest BCUT2D eigenvalue weighted by atomic mass is 10.1. The third-order valence-corrected chi connectivity index (χ3v) is 5.45. The third kappa shape index (κ3) is 7.19. The molecule has 0 saturated heterocycles. The van der Waals surface area contributed by atoms with Gasteiger partial charge in [-0.3, -0.25) is 9.59 Å². The van der Waals surface area contributed by atoms with Crippen LogP contribution in [-0.2, 0) is 4.79 Å². The van der Waals surface area contributed by atoms with Gasteiger partial charge >= 0.3 is 0 Å². The van der Waals surface area contributed by atoms with Crippen molar-refractivity contribution in [1.82, 2.24) is 10.7 Å². The number of hydrogen-bond donors (Lipinski definition) is 3. The maximum atomic E-state index is 13.0. The zero-order valence-corrected chi connectivity index (χ0v) is 21.7. The number of aromatic hydroxyl groups is 1. The van der Waals surface area contributed by atoms with Gasteiger partial charge in [-0.05, 0) is 55.0 Å². The number of rotatable bonds is 9. The van der Waals surface area contributed by atoms with Crippen LogP contribution in [0, 0.1) is 0 Å². The highest BCUT2D eigenvalue weighted by Crippen LogP contribution is 2.32. The Morgan fingerprint density at radius 3 is 2.42 bits per heavy atom. The number of hydrazone groups is 1. The van der Waals surface area contributed by atoms with Gasteiger partial charge in [-0.1, -0.05) is 46.3 Å². The monoisotopic (exact) mass is 550 g/mol. The number of halogens is 1. The molecule has 3 aromatic carbocycles. The Balaban J connectivity index is 1.84. The lowest BCUT2D eigenvalue weighted by molar-refractivity contribution is -0.117. The van der Waals surface area contributed by atoms with Gasteiger partial charge in [-0.25, -0.2) is 5.43 Å². The van der Waals surface area contributed by atoms with Gasteiger partial charge in [0.1, 0.15) is 5.70 Å². The Morgan fingerprint density at radius 1 is 1.08 bits per heavy atom. The van der Waals surface area contributed by atoms with E-state index in [9.17, 15) is 14.7 Å². The first kappa shape index (κ1) is 26.5. The fraction of sp³-hybridized carbons (Fsp3) is 0.148. The van der Waals surface area contributed by atoms with E-state index >= 15 is 0 Å². The summed E-state index contributed by atoms with van der Waals surface area (Å²) >= 11 is 3.36. The minimum absolute atomic E-state index is 0.00655. The third-order valence-electron chi connectivity index (χ3n) is 4.99. The Hall–Kier alpha value is -4.11. The second-order valence-electron chi connectivity index (χ2n) is 7.84. The predicted molar refractivity (Wildman–Crippen MR) is 145 cm³/mol. The van der Waals surface area contributed by atoms with Gasteiger partial charge in [0.05, 0.1) is 12.8 Å². The van der Waals surface area contributed by atoms with E-state index in [1.54, 1.807) is 55.5 Å². The van der Waals surface area contributed by atoms with Crippen LogP contribution in [0.3, 0.4) is 0 Å². The van der Waals surface area contributed by atoms with E-state index in [1.807, 2.05) is 43.3 Å². The summed E-state index contributed by atoms with van der Waals surface area (Å²) in [6.45, 7) is 2.18. The Labute approximate surface area is 218 Å². The standard InChI is InChI=1S/C27H27BrN4O4/c1-4-36-24-16-21(28)15-20(25(24)33)17-29-31-27(35)23(30-26(34)19-8-6-5-7-9-19)14-18-10-12-22(13-11-18)32(2)3/h5-17,33H,4H2,1-3H3,(H,30,34)(H,31,35)/b23-14+,29-17-.